The van der Waals surface area contributed by atoms with Crippen molar-refractivity contribution in [2.24, 2.45) is 0 Å². The Morgan fingerprint density at radius 2 is 0.871 bits per heavy atom. The SMILES string of the molecule is CN1C(=O)c2ccc3c4ccc5c6c(ccc(c7ccc(c2c37)C1=O)c64)C(=O)CC5=O. The lowest BCUT2D eigenvalue weighted by atomic mass is 9.80. The molecule has 0 radical (unpaired) electrons. The van der Waals surface area contributed by atoms with Crippen LogP contribution in [-0.4, -0.2) is 35.3 Å². The van der Waals surface area contributed by atoms with Crippen molar-refractivity contribution < 1.29 is 19.2 Å². The normalized spacial score (nSPS) is 16.0. The maximum Gasteiger partial charge on any atom is 0.261 e. The van der Waals surface area contributed by atoms with Crippen molar-refractivity contribution in [3.05, 3.63) is 70.8 Å². The highest BCUT2D eigenvalue weighted by Crippen LogP contribution is 2.45. The fourth-order valence-corrected chi connectivity index (χ4v) is 5.50. The monoisotopic (exact) mass is 403 g/mol. The molecule has 1 aliphatic heterocycles. The molecule has 0 aromatic heterocycles. The number of Topliss-reactive ketones (excluding diaryl/α,β-unsaturated/α-hetero) is 2. The Kier molecular flexibility index (Phi) is 2.76. The zero-order valence-electron chi connectivity index (χ0n) is 16.4. The van der Waals surface area contributed by atoms with Gasteiger partial charge < -0.3 is 0 Å². The molecule has 5 nitrogen and oxygen atoms in total. The summed E-state index contributed by atoms with van der Waals surface area (Å²) < 4.78 is 0. The molecule has 0 bridgehead atoms. The molecule has 5 aromatic carbocycles. The van der Waals surface area contributed by atoms with Crippen LogP contribution in [0.15, 0.2) is 48.5 Å². The van der Waals surface area contributed by atoms with Gasteiger partial charge in [-0.25, -0.2) is 0 Å². The standard InChI is InChI=1S/C26H13NO4/c1-27-25(30)17-8-4-13-11-2-6-15-19(28)10-20(29)16-7-3-12(21(11)23(15)16)14-5-9-18(26(27)31)24(17)22(13)14/h2-9H,10H2,1H3. The van der Waals surface area contributed by atoms with Crippen LogP contribution in [0.5, 0.6) is 0 Å². The summed E-state index contributed by atoms with van der Waals surface area (Å²) in [5.74, 6) is -0.935. The van der Waals surface area contributed by atoms with E-state index in [0.29, 0.717) is 33.0 Å². The third-order valence-electron chi connectivity index (χ3n) is 6.89. The van der Waals surface area contributed by atoms with Crippen LogP contribution >= 0.6 is 0 Å². The molecule has 0 N–H and O–H groups in total. The molecule has 0 saturated carbocycles. The van der Waals surface area contributed by atoms with Gasteiger partial charge in [0.15, 0.2) is 11.6 Å². The van der Waals surface area contributed by atoms with Gasteiger partial charge in [-0.3, -0.25) is 24.1 Å². The maximum atomic E-state index is 12.8. The van der Waals surface area contributed by atoms with Gasteiger partial charge in [0.2, 0.25) is 0 Å². The zero-order chi connectivity index (χ0) is 21.2. The molecule has 0 unspecified atom stereocenters. The summed E-state index contributed by atoms with van der Waals surface area (Å²) in [7, 11) is 1.50. The van der Waals surface area contributed by atoms with Crippen LogP contribution in [0.2, 0.25) is 0 Å². The third-order valence-corrected chi connectivity index (χ3v) is 6.89. The number of amides is 2. The predicted octanol–water partition coefficient (Wildman–Crippen LogP) is 4.73. The Balaban J connectivity index is 1.80. The van der Waals surface area contributed by atoms with E-state index < -0.39 is 0 Å². The van der Waals surface area contributed by atoms with Gasteiger partial charge in [0.05, 0.1) is 6.42 Å². The molecule has 2 aliphatic rings. The molecule has 1 aliphatic carbocycles. The molecule has 7 rings (SSSR count). The first kappa shape index (κ1) is 16.7. The highest BCUT2D eigenvalue weighted by atomic mass is 16.2. The number of rotatable bonds is 0. The van der Waals surface area contributed by atoms with Gasteiger partial charge in [-0.15, -0.1) is 0 Å². The average molecular weight is 403 g/mol. The summed E-state index contributed by atoms with van der Waals surface area (Å²) in [4.78, 5) is 52.0. The van der Waals surface area contributed by atoms with Gasteiger partial charge in [0.1, 0.15) is 0 Å². The molecular formula is C26H13NO4. The Labute approximate surface area is 175 Å². The molecule has 146 valence electrons. The average Bonchev–Trinajstić information content (AvgIpc) is 2.78. The summed E-state index contributed by atoms with van der Waals surface area (Å²) in [5, 5.41) is 6.77. The second-order valence-corrected chi connectivity index (χ2v) is 8.34. The summed E-state index contributed by atoms with van der Waals surface area (Å²) in [6, 6.07) is 14.8. The smallest absolute Gasteiger partial charge is 0.261 e. The van der Waals surface area contributed by atoms with Crippen molar-refractivity contribution in [2.45, 2.75) is 6.42 Å². The Hall–Kier alpha value is -4.12. The maximum absolute atomic E-state index is 12.8. The van der Waals surface area contributed by atoms with Crippen LogP contribution in [0.25, 0.3) is 43.1 Å². The number of carbonyl (C=O) groups excluding carboxylic acids is 4. The Morgan fingerprint density at radius 1 is 0.516 bits per heavy atom. The highest BCUT2D eigenvalue weighted by Gasteiger charge is 2.33. The number of benzene rings is 5. The van der Waals surface area contributed by atoms with E-state index in [1.165, 1.54) is 7.05 Å². The molecule has 2 amide bonds. The second kappa shape index (κ2) is 5.13. The summed E-state index contributed by atoms with van der Waals surface area (Å²) in [6.07, 6.45) is -0.0998. The molecule has 5 aromatic rings. The van der Waals surface area contributed by atoms with Gasteiger partial charge in [-0.2, -0.15) is 0 Å². The van der Waals surface area contributed by atoms with E-state index in [-0.39, 0.29) is 29.8 Å². The lowest BCUT2D eigenvalue weighted by molar-refractivity contribution is 0.0650. The quantitative estimate of drug-likeness (QED) is 0.162. The highest BCUT2D eigenvalue weighted by molar-refractivity contribution is 6.41. The first-order valence-corrected chi connectivity index (χ1v) is 10.1. The second-order valence-electron chi connectivity index (χ2n) is 8.34. The van der Waals surface area contributed by atoms with E-state index in [1.807, 2.05) is 24.3 Å². The van der Waals surface area contributed by atoms with Crippen LogP contribution in [0.3, 0.4) is 0 Å². The molecular weight excluding hydrogens is 390 g/mol. The van der Waals surface area contributed by atoms with E-state index in [0.717, 1.165) is 37.2 Å². The van der Waals surface area contributed by atoms with Crippen LogP contribution < -0.4 is 0 Å². The first-order valence-electron chi connectivity index (χ1n) is 10.1. The Bertz CT molecular complexity index is 1630. The van der Waals surface area contributed by atoms with Crippen molar-refractivity contribution in [3.8, 4) is 0 Å². The zero-order valence-corrected chi connectivity index (χ0v) is 16.4. The molecule has 0 saturated heterocycles. The van der Waals surface area contributed by atoms with Crippen LogP contribution in [0.1, 0.15) is 47.9 Å². The molecule has 31 heavy (non-hydrogen) atoms. The van der Waals surface area contributed by atoms with Gasteiger partial charge in [0, 0.05) is 40.1 Å². The minimum atomic E-state index is -0.312. The Morgan fingerprint density at radius 3 is 1.29 bits per heavy atom. The molecule has 0 spiro atoms. The lowest BCUT2D eigenvalue weighted by Gasteiger charge is -2.26. The number of ketones is 2. The van der Waals surface area contributed by atoms with Crippen molar-refractivity contribution in [2.75, 3.05) is 7.05 Å². The molecule has 5 heteroatoms. The van der Waals surface area contributed by atoms with Crippen LogP contribution in [-0.2, 0) is 0 Å². The first-order chi connectivity index (χ1) is 15.0. The van der Waals surface area contributed by atoms with Crippen molar-refractivity contribution >= 4 is 66.5 Å². The van der Waals surface area contributed by atoms with Crippen LogP contribution in [0, 0.1) is 0 Å². The van der Waals surface area contributed by atoms with Crippen molar-refractivity contribution in [1.82, 2.24) is 4.90 Å². The third kappa shape index (κ3) is 1.75. The summed E-state index contributed by atoms with van der Waals surface area (Å²) in [5.41, 5.74) is 2.18. The van der Waals surface area contributed by atoms with E-state index in [4.69, 9.17) is 0 Å². The van der Waals surface area contributed by atoms with Gasteiger partial charge in [-0.05, 0) is 44.5 Å². The van der Waals surface area contributed by atoms with Crippen LogP contribution in [0.4, 0.5) is 0 Å². The molecule has 0 atom stereocenters. The summed E-state index contributed by atoms with van der Waals surface area (Å²) in [6.45, 7) is 0. The predicted molar refractivity (Wildman–Crippen MR) is 117 cm³/mol. The number of nitrogens with zero attached hydrogens (tertiary/aromatic N) is 1. The largest absolute Gasteiger partial charge is 0.294 e. The fourth-order valence-electron chi connectivity index (χ4n) is 5.50. The number of hydrogen-bond acceptors (Lipinski definition) is 4. The fraction of sp³-hybridized carbons (Fsp3) is 0.0769. The van der Waals surface area contributed by atoms with Gasteiger partial charge in [-0.1, -0.05) is 36.4 Å². The van der Waals surface area contributed by atoms with E-state index in [1.54, 1.807) is 24.3 Å². The van der Waals surface area contributed by atoms with Gasteiger partial charge in [0.25, 0.3) is 11.8 Å². The molecule has 1 heterocycles. The minimum Gasteiger partial charge on any atom is -0.294 e. The summed E-state index contributed by atoms with van der Waals surface area (Å²) >= 11 is 0. The van der Waals surface area contributed by atoms with E-state index in [2.05, 4.69) is 0 Å². The van der Waals surface area contributed by atoms with Crippen molar-refractivity contribution in [3.63, 3.8) is 0 Å². The topological polar surface area (TPSA) is 71.5 Å². The minimum absolute atomic E-state index is 0.0998. The number of hydrogen-bond donors (Lipinski definition) is 0. The number of imide groups is 1. The molecule has 0 fully saturated rings. The van der Waals surface area contributed by atoms with Gasteiger partial charge >= 0.3 is 0 Å². The number of fused-ring (bicyclic) bond motifs is 2. The van der Waals surface area contributed by atoms with Crippen molar-refractivity contribution in [1.29, 1.82) is 0 Å². The number of carbonyl (C=O) groups is 4. The van der Waals surface area contributed by atoms with E-state index >= 15 is 0 Å². The lowest BCUT2D eigenvalue weighted by Crippen LogP contribution is -2.36. The van der Waals surface area contributed by atoms with E-state index in [9.17, 15) is 19.2 Å².